The molecule has 0 aliphatic rings. The Kier molecular flexibility index (Phi) is 5.32. The Morgan fingerprint density at radius 3 is 2.55 bits per heavy atom. The summed E-state index contributed by atoms with van der Waals surface area (Å²) >= 11 is 0. The molecule has 4 heteroatoms. The second-order valence-corrected chi connectivity index (χ2v) is 6.09. The topological polar surface area (TPSA) is 52.3 Å². The normalized spacial score (nSPS) is 13.7. The molecular weight excluding hydrogens is 270 g/mol. The van der Waals surface area contributed by atoms with E-state index in [1.54, 1.807) is 7.11 Å². The van der Waals surface area contributed by atoms with Crippen LogP contribution in [0.5, 0.6) is 5.75 Å². The van der Waals surface area contributed by atoms with Crippen LogP contribution in [0.4, 0.5) is 0 Å². The number of rotatable bonds is 6. The van der Waals surface area contributed by atoms with Crippen LogP contribution in [-0.4, -0.2) is 17.9 Å². The minimum Gasteiger partial charge on any atom is -0.497 e. The maximum atomic E-state index is 12.8. The third kappa shape index (κ3) is 3.46. The van der Waals surface area contributed by atoms with Crippen molar-refractivity contribution in [1.29, 1.82) is 0 Å². The van der Waals surface area contributed by atoms with E-state index in [0.717, 1.165) is 16.2 Å². The van der Waals surface area contributed by atoms with Crippen LogP contribution < -0.4 is 10.5 Å². The van der Waals surface area contributed by atoms with Gasteiger partial charge in [0.2, 0.25) is 0 Å². The molecule has 0 saturated carbocycles. The van der Waals surface area contributed by atoms with Crippen molar-refractivity contribution in [3.63, 3.8) is 0 Å². The lowest BCUT2D eigenvalue weighted by molar-refractivity contribution is 0.413. The molecule has 0 aliphatic carbocycles. The molecule has 2 aromatic rings. The molecule has 2 rings (SSSR count). The van der Waals surface area contributed by atoms with Gasteiger partial charge in [0, 0.05) is 4.90 Å². The number of hydrogen-bond acceptors (Lipinski definition) is 3. The molecule has 20 heavy (non-hydrogen) atoms. The zero-order chi connectivity index (χ0) is 14.4. The van der Waals surface area contributed by atoms with E-state index < -0.39 is 10.8 Å². The SMILES string of the molecule is COc1cccc(S(=O)C(CCN)c2ccccc2)c1. The largest absolute Gasteiger partial charge is 0.497 e. The van der Waals surface area contributed by atoms with Gasteiger partial charge in [0.05, 0.1) is 23.2 Å². The first-order valence-electron chi connectivity index (χ1n) is 6.56. The summed E-state index contributed by atoms with van der Waals surface area (Å²) < 4.78 is 18.0. The first-order valence-corrected chi connectivity index (χ1v) is 7.77. The van der Waals surface area contributed by atoms with E-state index in [9.17, 15) is 4.21 Å². The van der Waals surface area contributed by atoms with E-state index in [1.165, 1.54) is 0 Å². The molecule has 0 saturated heterocycles. The van der Waals surface area contributed by atoms with Crippen LogP contribution in [0.2, 0.25) is 0 Å². The van der Waals surface area contributed by atoms with Gasteiger partial charge in [-0.05, 0) is 36.7 Å². The number of benzene rings is 2. The van der Waals surface area contributed by atoms with Crippen molar-refractivity contribution < 1.29 is 8.95 Å². The lowest BCUT2D eigenvalue weighted by atomic mass is 10.1. The van der Waals surface area contributed by atoms with Crippen LogP contribution in [0.1, 0.15) is 17.2 Å². The van der Waals surface area contributed by atoms with E-state index in [4.69, 9.17) is 10.5 Å². The van der Waals surface area contributed by atoms with Crippen molar-refractivity contribution in [1.82, 2.24) is 0 Å². The molecule has 2 N–H and O–H groups in total. The highest BCUT2D eigenvalue weighted by atomic mass is 32.2. The Bertz CT molecular complexity index is 572. The minimum atomic E-state index is -1.14. The number of hydrogen-bond donors (Lipinski definition) is 1. The van der Waals surface area contributed by atoms with Crippen molar-refractivity contribution in [2.45, 2.75) is 16.6 Å². The maximum Gasteiger partial charge on any atom is 0.120 e. The average molecular weight is 289 g/mol. The predicted octanol–water partition coefficient (Wildman–Crippen LogP) is 2.89. The molecule has 3 nitrogen and oxygen atoms in total. The van der Waals surface area contributed by atoms with Crippen LogP contribution in [0.3, 0.4) is 0 Å². The Morgan fingerprint density at radius 1 is 1.15 bits per heavy atom. The summed E-state index contributed by atoms with van der Waals surface area (Å²) in [6.07, 6.45) is 0.688. The summed E-state index contributed by atoms with van der Waals surface area (Å²) in [5.41, 5.74) is 6.73. The Morgan fingerprint density at radius 2 is 1.90 bits per heavy atom. The fourth-order valence-corrected chi connectivity index (χ4v) is 3.63. The van der Waals surface area contributed by atoms with Gasteiger partial charge in [0.1, 0.15) is 5.75 Å². The molecule has 0 spiro atoms. The zero-order valence-electron chi connectivity index (χ0n) is 11.5. The maximum absolute atomic E-state index is 12.8. The van der Waals surface area contributed by atoms with E-state index >= 15 is 0 Å². The summed E-state index contributed by atoms with van der Waals surface area (Å²) in [7, 11) is 0.464. The van der Waals surface area contributed by atoms with Crippen LogP contribution in [0.15, 0.2) is 59.5 Å². The summed E-state index contributed by atoms with van der Waals surface area (Å²) in [5.74, 6) is 0.718. The third-order valence-corrected chi connectivity index (χ3v) is 4.88. The molecule has 2 atom stereocenters. The number of methoxy groups -OCH3 is 1. The summed E-state index contributed by atoms with van der Waals surface area (Å²) in [4.78, 5) is 0.770. The van der Waals surface area contributed by atoms with E-state index in [-0.39, 0.29) is 5.25 Å². The summed E-state index contributed by atoms with van der Waals surface area (Å²) in [6, 6.07) is 17.3. The molecular formula is C16H19NO2S. The van der Waals surface area contributed by atoms with E-state index in [2.05, 4.69) is 0 Å². The smallest absolute Gasteiger partial charge is 0.120 e. The molecule has 0 radical (unpaired) electrons. The van der Waals surface area contributed by atoms with Crippen LogP contribution in [0, 0.1) is 0 Å². The van der Waals surface area contributed by atoms with Gasteiger partial charge < -0.3 is 10.5 Å². The molecule has 106 valence electrons. The Balaban J connectivity index is 2.31. The van der Waals surface area contributed by atoms with Crippen molar-refractivity contribution in [2.24, 2.45) is 5.73 Å². The highest BCUT2D eigenvalue weighted by Gasteiger charge is 2.20. The molecule has 0 aromatic heterocycles. The highest BCUT2D eigenvalue weighted by Crippen LogP contribution is 2.29. The van der Waals surface area contributed by atoms with E-state index in [0.29, 0.717) is 13.0 Å². The lowest BCUT2D eigenvalue weighted by Gasteiger charge is -2.16. The second-order valence-electron chi connectivity index (χ2n) is 4.45. The molecule has 0 bridgehead atoms. The summed E-state index contributed by atoms with van der Waals surface area (Å²) in [5, 5.41) is -0.0895. The average Bonchev–Trinajstić information content (AvgIpc) is 2.53. The zero-order valence-corrected chi connectivity index (χ0v) is 12.3. The molecule has 0 heterocycles. The Labute approximate surface area is 122 Å². The van der Waals surface area contributed by atoms with Crippen LogP contribution >= 0.6 is 0 Å². The molecule has 0 amide bonds. The second kappa shape index (κ2) is 7.22. The minimum absolute atomic E-state index is 0.0895. The fraction of sp³-hybridized carbons (Fsp3) is 0.250. The predicted molar refractivity (Wildman–Crippen MR) is 82.3 cm³/mol. The number of ether oxygens (including phenoxy) is 1. The van der Waals surface area contributed by atoms with Gasteiger partial charge in [-0.1, -0.05) is 36.4 Å². The monoisotopic (exact) mass is 289 g/mol. The van der Waals surface area contributed by atoms with Crippen molar-refractivity contribution >= 4 is 10.8 Å². The van der Waals surface area contributed by atoms with Gasteiger partial charge in [-0.15, -0.1) is 0 Å². The first kappa shape index (κ1) is 14.8. The van der Waals surface area contributed by atoms with Crippen LogP contribution in [0.25, 0.3) is 0 Å². The fourth-order valence-electron chi connectivity index (χ4n) is 2.11. The molecule has 2 unspecified atom stereocenters. The quantitative estimate of drug-likeness (QED) is 0.889. The van der Waals surface area contributed by atoms with Crippen LogP contribution in [-0.2, 0) is 10.8 Å². The molecule has 0 aliphatic heterocycles. The molecule has 2 aromatic carbocycles. The lowest BCUT2D eigenvalue weighted by Crippen LogP contribution is -2.12. The van der Waals surface area contributed by atoms with Gasteiger partial charge >= 0.3 is 0 Å². The van der Waals surface area contributed by atoms with Gasteiger partial charge in [-0.3, -0.25) is 4.21 Å². The van der Waals surface area contributed by atoms with Crippen molar-refractivity contribution in [2.75, 3.05) is 13.7 Å². The summed E-state index contributed by atoms with van der Waals surface area (Å²) in [6.45, 7) is 0.509. The standard InChI is InChI=1S/C16H19NO2S/c1-19-14-8-5-9-15(12-14)20(18)16(10-11-17)13-6-3-2-4-7-13/h2-9,12,16H,10-11,17H2,1H3. The van der Waals surface area contributed by atoms with Gasteiger partial charge in [0.25, 0.3) is 0 Å². The number of nitrogens with two attached hydrogens (primary N) is 1. The first-order chi connectivity index (χ1) is 9.76. The molecule has 0 fully saturated rings. The highest BCUT2D eigenvalue weighted by molar-refractivity contribution is 7.85. The van der Waals surface area contributed by atoms with Gasteiger partial charge in [0.15, 0.2) is 0 Å². The Hall–Kier alpha value is -1.65. The van der Waals surface area contributed by atoms with Gasteiger partial charge in [-0.25, -0.2) is 0 Å². The third-order valence-electron chi connectivity index (χ3n) is 3.13. The van der Waals surface area contributed by atoms with Crippen molar-refractivity contribution in [3.8, 4) is 5.75 Å². The van der Waals surface area contributed by atoms with Crippen molar-refractivity contribution in [3.05, 3.63) is 60.2 Å². The van der Waals surface area contributed by atoms with E-state index in [1.807, 2.05) is 54.6 Å². The van der Waals surface area contributed by atoms with Gasteiger partial charge in [-0.2, -0.15) is 0 Å².